The molecular weight excluding hydrogens is 140 g/mol. The van der Waals surface area contributed by atoms with E-state index < -0.39 is 0 Å². The number of fused-ring (bicyclic) bond motifs is 1. The molecule has 2 aliphatic rings. The monoisotopic (exact) mass is 154 g/mol. The summed E-state index contributed by atoms with van der Waals surface area (Å²) in [5.74, 6) is 0.197. The van der Waals surface area contributed by atoms with Crippen molar-refractivity contribution in [2.75, 3.05) is 19.6 Å². The van der Waals surface area contributed by atoms with Gasteiger partial charge in [-0.25, -0.2) is 0 Å². The third kappa shape index (κ3) is 1.38. The second-order valence-corrected chi connectivity index (χ2v) is 3.42. The summed E-state index contributed by atoms with van der Waals surface area (Å²) in [4.78, 5) is 13.3. The van der Waals surface area contributed by atoms with Crippen molar-refractivity contribution in [3.05, 3.63) is 0 Å². The van der Waals surface area contributed by atoms with E-state index in [0.29, 0.717) is 12.6 Å². The second-order valence-electron chi connectivity index (χ2n) is 3.42. The summed E-state index contributed by atoms with van der Waals surface area (Å²) in [7, 11) is 0. The van der Waals surface area contributed by atoms with Crippen LogP contribution >= 0.6 is 0 Å². The zero-order chi connectivity index (χ0) is 7.68. The third-order valence-corrected chi connectivity index (χ3v) is 2.63. The van der Waals surface area contributed by atoms with Crippen LogP contribution in [-0.4, -0.2) is 36.5 Å². The standard InChI is InChI=1S/C8H14N2O/c11-8-6-10-4-2-1-3-7(10)5-9-8/h7H,1-6H2,(H,9,11)/t7-/m1/s1. The van der Waals surface area contributed by atoms with Crippen LogP contribution in [-0.2, 0) is 4.79 Å². The van der Waals surface area contributed by atoms with Crippen molar-refractivity contribution in [3.8, 4) is 0 Å². The van der Waals surface area contributed by atoms with Crippen molar-refractivity contribution in [1.29, 1.82) is 0 Å². The van der Waals surface area contributed by atoms with Gasteiger partial charge in [-0.1, -0.05) is 6.42 Å². The number of piperidine rings is 1. The summed E-state index contributed by atoms with van der Waals surface area (Å²) in [6.45, 7) is 2.63. The van der Waals surface area contributed by atoms with Gasteiger partial charge in [0.1, 0.15) is 0 Å². The molecular formula is C8H14N2O. The minimum absolute atomic E-state index is 0.197. The largest absolute Gasteiger partial charge is 0.353 e. The predicted octanol–water partition coefficient (Wildman–Crippen LogP) is -0.0293. The van der Waals surface area contributed by atoms with E-state index in [0.717, 1.165) is 13.1 Å². The average molecular weight is 154 g/mol. The molecule has 2 fully saturated rings. The lowest BCUT2D eigenvalue weighted by Crippen LogP contribution is -2.55. The zero-order valence-electron chi connectivity index (χ0n) is 6.68. The highest BCUT2D eigenvalue weighted by Gasteiger charge is 2.27. The highest BCUT2D eigenvalue weighted by molar-refractivity contribution is 5.78. The number of nitrogens with zero attached hydrogens (tertiary/aromatic N) is 1. The van der Waals surface area contributed by atoms with Crippen LogP contribution in [0.2, 0.25) is 0 Å². The Morgan fingerprint density at radius 2 is 2.36 bits per heavy atom. The highest BCUT2D eigenvalue weighted by Crippen LogP contribution is 2.17. The maximum absolute atomic E-state index is 11.0. The topological polar surface area (TPSA) is 32.3 Å². The first-order valence-electron chi connectivity index (χ1n) is 4.37. The van der Waals surface area contributed by atoms with Gasteiger partial charge in [-0.05, 0) is 19.4 Å². The van der Waals surface area contributed by atoms with Crippen LogP contribution in [0, 0.1) is 0 Å². The van der Waals surface area contributed by atoms with Crippen LogP contribution < -0.4 is 5.32 Å². The van der Waals surface area contributed by atoms with Gasteiger partial charge >= 0.3 is 0 Å². The Balaban J connectivity index is 1.98. The molecule has 1 amide bonds. The van der Waals surface area contributed by atoms with Gasteiger partial charge < -0.3 is 5.32 Å². The van der Waals surface area contributed by atoms with Crippen molar-refractivity contribution in [2.45, 2.75) is 25.3 Å². The summed E-state index contributed by atoms with van der Waals surface area (Å²) in [6.07, 6.45) is 3.86. The molecule has 2 aliphatic heterocycles. The average Bonchev–Trinajstić information content (AvgIpc) is 2.04. The first-order chi connectivity index (χ1) is 5.36. The smallest absolute Gasteiger partial charge is 0.234 e. The molecule has 0 aliphatic carbocycles. The van der Waals surface area contributed by atoms with Gasteiger partial charge in [0, 0.05) is 12.6 Å². The van der Waals surface area contributed by atoms with Crippen LogP contribution in [0.4, 0.5) is 0 Å². The van der Waals surface area contributed by atoms with Crippen LogP contribution in [0.3, 0.4) is 0 Å². The van der Waals surface area contributed by atoms with Gasteiger partial charge in [-0.15, -0.1) is 0 Å². The van der Waals surface area contributed by atoms with Crippen molar-refractivity contribution in [2.24, 2.45) is 0 Å². The number of amides is 1. The molecule has 0 unspecified atom stereocenters. The maximum atomic E-state index is 11.0. The summed E-state index contributed by atoms with van der Waals surface area (Å²) in [5, 5.41) is 2.90. The quantitative estimate of drug-likeness (QED) is 0.531. The van der Waals surface area contributed by atoms with Gasteiger partial charge in [-0.2, -0.15) is 0 Å². The number of piperazine rings is 1. The maximum Gasteiger partial charge on any atom is 0.234 e. The molecule has 3 nitrogen and oxygen atoms in total. The van der Waals surface area contributed by atoms with E-state index in [1.165, 1.54) is 19.3 Å². The first-order valence-corrected chi connectivity index (χ1v) is 4.37. The molecule has 0 aromatic heterocycles. The first kappa shape index (κ1) is 7.10. The normalized spacial score (nSPS) is 32.7. The number of rotatable bonds is 0. The molecule has 3 heteroatoms. The number of hydrogen-bond donors (Lipinski definition) is 1. The Bertz CT molecular complexity index is 169. The minimum atomic E-state index is 0.197. The van der Waals surface area contributed by atoms with E-state index >= 15 is 0 Å². The Morgan fingerprint density at radius 3 is 3.27 bits per heavy atom. The lowest BCUT2D eigenvalue weighted by atomic mass is 10.0. The van der Waals surface area contributed by atoms with Crippen molar-refractivity contribution >= 4 is 5.91 Å². The lowest BCUT2D eigenvalue weighted by Gasteiger charge is -2.38. The molecule has 1 atom stereocenters. The fraction of sp³-hybridized carbons (Fsp3) is 0.875. The third-order valence-electron chi connectivity index (χ3n) is 2.63. The van der Waals surface area contributed by atoms with E-state index in [-0.39, 0.29) is 5.91 Å². The molecule has 0 aromatic rings. The number of carbonyl (C=O) groups excluding carboxylic acids is 1. The zero-order valence-corrected chi connectivity index (χ0v) is 6.68. The number of nitrogens with one attached hydrogen (secondary N) is 1. The van der Waals surface area contributed by atoms with Crippen molar-refractivity contribution in [1.82, 2.24) is 10.2 Å². The van der Waals surface area contributed by atoms with Crippen LogP contribution in [0.25, 0.3) is 0 Å². The molecule has 0 aromatic carbocycles. The Labute approximate surface area is 66.8 Å². The lowest BCUT2D eigenvalue weighted by molar-refractivity contribution is -0.126. The molecule has 2 heterocycles. The summed E-state index contributed by atoms with van der Waals surface area (Å²) < 4.78 is 0. The molecule has 2 saturated heterocycles. The Hall–Kier alpha value is -0.570. The Morgan fingerprint density at radius 1 is 1.45 bits per heavy atom. The van der Waals surface area contributed by atoms with Gasteiger partial charge in [-0.3, -0.25) is 9.69 Å². The van der Waals surface area contributed by atoms with Crippen LogP contribution in [0.5, 0.6) is 0 Å². The van der Waals surface area contributed by atoms with Crippen LogP contribution in [0.1, 0.15) is 19.3 Å². The second kappa shape index (κ2) is 2.81. The fourth-order valence-electron chi connectivity index (χ4n) is 1.97. The van der Waals surface area contributed by atoms with E-state index in [1.807, 2.05) is 0 Å². The van der Waals surface area contributed by atoms with Crippen LogP contribution in [0.15, 0.2) is 0 Å². The van der Waals surface area contributed by atoms with Gasteiger partial charge in [0.2, 0.25) is 5.91 Å². The minimum Gasteiger partial charge on any atom is -0.353 e. The van der Waals surface area contributed by atoms with Crippen molar-refractivity contribution < 1.29 is 4.79 Å². The van der Waals surface area contributed by atoms with Gasteiger partial charge in [0.25, 0.3) is 0 Å². The molecule has 2 rings (SSSR count). The molecule has 0 saturated carbocycles. The predicted molar refractivity (Wildman–Crippen MR) is 42.2 cm³/mol. The highest BCUT2D eigenvalue weighted by atomic mass is 16.2. The van der Waals surface area contributed by atoms with E-state index in [2.05, 4.69) is 10.2 Å². The van der Waals surface area contributed by atoms with Gasteiger partial charge in [0.15, 0.2) is 0 Å². The number of hydrogen-bond acceptors (Lipinski definition) is 2. The van der Waals surface area contributed by atoms with E-state index in [1.54, 1.807) is 0 Å². The molecule has 11 heavy (non-hydrogen) atoms. The van der Waals surface area contributed by atoms with E-state index in [4.69, 9.17) is 0 Å². The summed E-state index contributed by atoms with van der Waals surface area (Å²) >= 11 is 0. The molecule has 0 spiro atoms. The Kier molecular flexibility index (Phi) is 1.82. The van der Waals surface area contributed by atoms with Crippen molar-refractivity contribution in [3.63, 3.8) is 0 Å². The SMILES string of the molecule is O=C1CN2CCCC[C@@H]2CN1. The van der Waals surface area contributed by atoms with E-state index in [9.17, 15) is 4.79 Å². The molecule has 1 N–H and O–H groups in total. The summed E-state index contributed by atoms with van der Waals surface area (Å²) in [6, 6.07) is 0.640. The summed E-state index contributed by atoms with van der Waals surface area (Å²) in [5.41, 5.74) is 0. The van der Waals surface area contributed by atoms with Gasteiger partial charge in [0.05, 0.1) is 6.54 Å². The molecule has 0 radical (unpaired) electrons. The fourth-order valence-corrected chi connectivity index (χ4v) is 1.97. The number of carbonyl (C=O) groups is 1. The molecule has 0 bridgehead atoms. The molecule has 62 valence electrons.